The number of likely N-dealkylation sites (N-methyl/N-ethyl adjacent to an activating group) is 1. The van der Waals surface area contributed by atoms with Crippen molar-refractivity contribution >= 4 is 27.3 Å². The molecule has 0 radical (unpaired) electrons. The molecular weight excluding hydrogens is 414 g/mol. The van der Waals surface area contributed by atoms with Gasteiger partial charge in [-0.15, -0.1) is 0 Å². The van der Waals surface area contributed by atoms with Gasteiger partial charge in [-0.05, 0) is 49.5 Å². The van der Waals surface area contributed by atoms with Crippen molar-refractivity contribution < 1.29 is 13.2 Å². The highest BCUT2D eigenvalue weighted by Gasteiger charge is 2.14. The van der Waals surface area contributed by atoms with Crippen LogP contribution in [0.25, 0.3) is 0 Å². The van der Waals surface area contributed by atoms with Crippen LogP contribution >= 0.6 is 0 Å². The maximum absolute atomic E-state index is 12.5. The average Bonchev–Trinajstić information content (AvgIpc) is 3.22. The Morgan fingerprint density at radius 1 is 1.00 bits per heavy atom. The minimum Gasteiger partial charge on any atom is -0.319 e. The minimum atomic E-state index is -3.67. The molecule has 2 aromatic carbocycles. The number of nitrogens with zero attached hydrogens (tertiary/aromatic N) is 3. The van der Waals surface area contributed by atoms with Gasteiger partial charge in [0.05, 0.1) is 23.3 Å². The smallest absolute Gasteiger partial charge is 0.261 e. The Bertz CT molecular complexity index is 1090. The largest absolute Gasteiger partial charge is 0.319 e. The summed E-state index contributed by atoms with van der Waals surface area (Å²) in [4.78, 5) is 15.0. The molecule has 3 rings (SSSR count). The van der Waals surface area contributed by atoms with Crippen LogP contribution in [0.4, 0.5) is 11.4 Å². The van der Waals surface area contributed by atoms with Gasteiger partial charge in [0.15, 0.2) is 0 Å². The van der Waals surface area contributed by atoms with Gasteiger partial charge < -0.3 is 10.2 Å². The number of benzene rings is 2. The molecule has 0 aliphatic carbocycles. The third-order valence-corrected chi connectivity index (χ3v) is 6.28. The number of anilines is 2. The van der Waals surface area contributed by atoms with Gasteiger partial charge in [0.25, 0.3) is 15.9 Å². The first kappa shape index (κ1) is 22.5. The topological polar surface area (TPSA) is 96.3 Å². The molecule has 0 fully saturated rings. The van der Waals surface area contributed by atoms with Gasteiger partial charge in [-0.25, -0.2) is 8.42 Å². The number of sulfonamides is 1. The lowest BCUT2D eigenvalue weighted by Gasteiger charge is -2.17. The van der Waals surface area contributed by atoms with E-state index < -0.39 is 10.0 Å². The summed E-state index contributed by atoms with van der Waals surface area (Å²) < 4.78 is 29.1. The van der Waals surface area contributed by atoms with Gasteiger partial charge in [-0.3, -0.25) is 14.2 Å². The zero-order chi connectivity index (χ0) is 22.3. The van der Waals surface area contributed by atoms with E-state index in [1.165, 1.54) is 12.1 Å². The van der Waals surface area contributed by atoms with Gasteiger partial charge >= 0.3 is 0 Å². The fourth-order valence-electron chi connectivity index (χ4n) is 3.04. The molecule has 0 atom stereocenters. The molecule has 3 aromatic rings. The van der Waals surface area contributed by atoms with Gasteiger partial charge in [-0.2, -0.15) is 5.10 Å². The van der Waals surface area contributed by atoms with Crippen molar-refractivity contribution in [2.24, 2.45) is 0 Å². The van der Waals surface area contributed by atoms with Crippen LogP contribution in [0.5, 0.6) is 0 Å². The molecule has 8 nitrogen and oxygen atoms in total. The van der Waals surface area contributed by atoms with Crippen molar-refractivity contribution in [3.63, 3.8) is 0 Å². The number of nitrogens with one attached hydrogen (secondary N) is 2. The molecule has 164 valence electrons. The van der Waals surface area contributed by atoms with Crippen LogP contribution in [0, 0.1) is 0 Å². The molecule has 1 aromatic heterocycles. The molecule has 0 unspecified atom stereocenters. The standard InChI is InChI=1S/C22H27N5O3S/c1-3-26(4-2)14-15-27-17-20(16-23-27)24-22(28)18-10-12-19(13-11-18)25-31(29,30)21-8-6-5-7-9-21/h5-13,16-17,25H,3-4,14-15H2,1-2H3,(H,24,28). The van der Waals surface area contributed by atoms with E-state index in [1.807, 2.05) is 0 Å². The Morgan fingerprint density at radius 3 is 2.32 bits per heavy atom. The van der Waals surface area contributed by atoms with E-state index >= 15 is 0 Å². The monoisotopic (exact) mass is 441 g/mol. The maximum Gasteiger partial charge on any atom is 0.261 e. The molecule has 0 saturated heterocycles. The molecule has 1 heterocycles. The highest BCUT2D eigenvalue weighted by Crippen LogP contribution is 2.17. The molecule has 0 aliphatic rings. The summed E-state index contributed by atoms with van der Waals surface area (Å²) in [5.74, 6) is -0.291. The second kappa shape index (κ2) is 10.2. The molecule has 1 amide bonds. The summed E-state index contributed by atoms with van der Waals surface area (Å²) in [6, 6.07) is 14.4. The van der Waals surface area contributed by atoms with E-state index in [-0.39, 0.29) is 10.8 Å². The van der Waals surface area contributed by atoms with Crippen LogP contribution in [0.1, 0.15) is 24.2 Å². The summed E-state index contributed by atoms with van der Waals surface area (Å²) in [5, 5.41) is 7.10. The number of carbonyl (C=O) groups excluding carboxylic acids is 1. The zero-order valence-electron chi connectivity index (χ0n) is 17.7. The third-order valence-electron chi connectivity index (χ3n) is 4.88. The highest BCUT2D eigenvalue weighted by molar-refractivity contribution is 7.92. The van der Waals surface area contributed by atoms with E-state index in [0.29, 0.717) is 16.9 Å². The molecule has 31 heavy (non-hydrogen) atoms. The summed E-state index contributed by atoms with van der Waals surface area (Å²) in [7, 11) is -3.67. The lowest BCUT2D eigenvalue weighted by Crippen LogP contribution is -2.27. The zero-order valence-corrected chi connectivity index (χ0v) is 18.5. The SMILES string of the molecule is CCN(CC)CCn1cc(NC(=O)c2ccc(NS(=O)(=O)c3ccccc3)cc2)cn1. The third kappa shape index (κ3) is 6.16. The second-order valence-corrected chi connectivity index (χ2v) is 8.65. The van der Waals surface area contributed by atoms with Crippen molar-refractivity contribution in [3.8, 4) is 0 Å². The van der Waals surface area contributed by atoms with Gasteiger partial charge in [0.2, 0.25) is 0 Å². The highest BCUT2D eigenvalue weighted by atomic mass is 32.2. The molecule has 0 saturated carbocycles. The Kier molecular flexibility index (Phi) is 7.43. The number of hydrogen-bond acceptors (Lipinski definition) is 5. The van der Waals surface area contributed by atoms with Crippen LogP contribution in [-0.2, 0) is 16.6 Å². The minimum absolute atomic E-state index is 0.176. The van der Waals surface area contributed by atoms with Crippen molar-refractivity contribution in [3.05, 3.63) is 72.6 Å². The number of carbonyl (C=O) groups is 1. The van der Waals surface area contributed by atoms with Crippen LogP contribution in [0.2, 0.25) is 0 Å². The number of hydrogen-bond donors (Lipinski definition) is 2. The van der Waals surface area contributed by atoms with E-state index in [0.717, 1.165) is 26.2 Å². The van der Waals surface area contributed by atoms with Crippen LogP contribution in [-0.4, -0.2) is 48.6 Å². The maximum atomic E-state index is 12.5. The summed E-state index contributed by atoms with van der Waals surface area (Å²) in [5.41, 5.74) is 1.40. The van der Waals surface area contributed by atoms with Crippen LogP contribution < -0.4 is 10.0 Å². The van der Waals surface area contributed by atoms with Crippen molar-refractivity contribution in [1.82, 2.24) is 14.7 Å². The van der Waals surface area contributed by atoms with Crippen LogP contribution in [0.3, 0.4) is 0 Å². The summed E-state index contributed by atoms with van der Waals surface area (Å²) >= 11 is 0. The first-order chi connectivity index (χ1) is 14.9. The van der Waals surface area contributed by atoms with Crippen molar-refractivity contribution in [2.75, 3.05) is 29.7 Å². The Morgan fingerprint density at radius 2 is 1.68 bits per heavy atom. The van der Waals surface area contributed by atoms with Crippen LogP contribution in [0.15, 0.2) is 71.9 Å². The van der Waals surface area contributed by atoms with E-state index in [1.54, 1.807) is 59.5 Å². The van der Waals surface area contributed by atoms with E-state index in [2.05, 4.69) is 33.9 Å². The van der Waals surface area contributed by atoms with E-state index in [9.17, 15) is 13.2 Å². The molecule has 0 spiro atoms. The number of rotatable bonds is 10. The first-order valence-electron chi connectivity index (χ1n) is 10.2. The fraction of sp³-hybridized carbons (Fsp3) is 0.273. The number of aromatic nitrogens is 2. The predicted molar refractivity (Wildman–Crippen MR) is 122 cm³/mol. The summed E-state index contributed by atoms with van der Waals surface area (Å²) in [6.07, 6.45) is 3.41. The quantitative estimate of drug-likeness (QED) is 0.503. The van der Waals surface area contributed by atoms with E-state index in [4.69, 9.17) is 0 Å². The van der Waals surface area contributed by atoms with Crippen molar-refractivity contribution in [2.45, 2.75) is 25.3 Å². The first-order valence-corrected chi connectivity index (χ1v) is 11.6. The molecule has 0 bridgehead atoms. The Balaban J connectivity index is 1.58. The Labute approximate surface area is 182 Å². The average molecular weight is 442 g/mol. The predicted octanol–water partition coefficient (Wildman–Crippen LogP) is 3.28. The normalized spacial score (nSPS) is 11.5. The van der Waals surface area contributed by atoms with Crippen molar-refractivity contribution in [1.29, 1.82) is 0 Å². The lowest BCUT2D eigenvalue weighted by atomic mass is 10.2. The van der Waals surface area contributed by atoms with Gasteiger partial charge in [-0.1, -0.05) is 32.0 Å². The fourth-order valence-corrected chi connectivity index (χ4v) is 4.12. The number of amides is 1. The molecule has 9 heteroatoms. The van der Waals surface area contributed by atoms with Gasteiger partial charge in [0, 0.05) is 24.0 Å². The molecule has 0 aliphatic heterocycles. The lowest BCUT2D eigenvalue weighted by molar-refractivity contribution is 0.102. The second-order valence-electron chi connectivity index (χ2n) is 6.97. The molecule has 2 N–H and O–H groups in total. The van der Waals surface area contributed by atoms with Gasteiger partial charge in [0.1, 0.15) is 0 Å². The molecular formula is C22H27N5O3S. The Hall–Kier alpha value is -3.17. The summed E-state index contributed by atoms with van der Waals surface area (Å²) in [6.45, 7) is 7.85.